The summed E-state index contributed by atoms with van der Waals surface area (Å²) in [5.41, 5.74) is 7.33. The molecule has 1 aromatic carbocycles. The van der Waals surface area contributed by atoms with Crippen LogP contribution < -0.4 is 5.73 Å². The van der Waals surface area contributed by atoms with Gasteiger partial charge in [-0.05, 0) is 30.4 Å². The van der Waals surface area contributed by atoms with E-state index in [1.165, 1.54) is 18.5 Å². The molecule has 1 saturated heterocycles. The van der Waals surface area contributed by atoms with Crippen LogP contribution in [0.5, 0.6) is 0 Å². The summed E-state index contributed by atoms with van der Waals surface area (Å²) < 4.78 is 0. The Hall–Kier alpha value is -0.860. The van der Waals surface area contributed by atoms with Crippen molar-refractivity contribution in [1.82, 2.24) is 4.90 Å². The lowest BCUT2D eigenvalue weighted by Crippen LogP contribution is -2.54. The molecule has 0 aromatic heterocycles. The second-order valence-electron chi connectivity index (χ2n) is 5.46. The Morgan fingerprint density at radius 1 is 1.29 bits per heavy atom. The third-order valence-corrected chi connectivity index (χ3v) is 4.03. The van der Waals surface area contributed by atoms with Crippen molar-refractivity contribution < 1.29 is 0 Å². The van der Waals surface area contributed by atoms with Crippen LogP contribution in [-0.4, -0.2) is 24.0 Å². The maximum atomic E-state index is 5.91. The molecule has 1 fully saturated rings. The lowest BCUT2D eigenvalue weighted by atomic mass is 9.81. The minimum atomic E-state index is 0.646. The van der Waals surface area contributed by atoms with Crippen molar-refractivity contribution in [2.75, 3.05) is 13.1 Å². The van der Waals surface area contributed by atoms with Crippen LogP contribution >= 0.6 is 0 Å². The van der Waals surface area contributed by atoms with E-state index in [1.807, 2.05) is 0 Å². The van der Waals surface area contributed by atoms with Gasteiger partial charge in [-0.2, -0.15) is 0 Å². The quantitative estimate of drug-likeness (QED) is 0.845. The maximum absolute atomic E-state index is 5.91. The summed E-state index contributed by atoms with van der Waals surface area (Å²) in [6, 6.07) is 11.4. The first-order valence-electron chi connectivity index (χ1n) is 6.70. The van der Waals surface area contributed by atoms with Gasteiger partial charge in [0.1, 0.15) is 0 Å². The highest BCUT2D eigenvalue weighted by atomic mass is 15.2. The van der Waals surface area contributed by atoms with Crippen molar-refractivity contribution in [2.45, 2.75) is 32.9 Å². The van der Waals surface area contributed by atoms with Crippen LogP contribution in [0.1, 0.15) is 25.8 Å². The highest BCUT2D eigenvalue weighted by Crippen LogP contribution is 2.30. The van der Waals surface area contributed by atoms with E-state index in [-0.39, 0.29) is 0 Å². The number of likely N-dealkylation sites (tertiary alicyclic amines) is 1. The largest absolute Gasteiger partial charge is 0.330 e. The van der Waals surface area contributed by atoms with Crippen LogP contribution in [0.15, 0.2) is 30.3 Å². The molecule has 0 aliphatic carbocycles. The molecule has 94 valence electrons. The van der Waals surface area contributed by atoms with Crippen molar-refractivity contribution >= 4 is 0 Å². The normalized spacial score (nSPS) is 22.5. The van der Waals surface area contributed by atoms with Crippen molar-refractivity contribution in [3.05, 3.63) is 35.9 Å². The van der Waals surface area contributed by atoms with Gasteiger partial charge < -0.3 is 5.73 Å². The highest BCUT2D eigenvalue weighted by Gasteiger charge is 2.35. The molecule has 0 spiro atoms. The monoisotopic (exact) mass is 232 g/mol. The van der Waals surface area contributed by atoms with Gasteiger partial charge in [-0.15, -0.1) is 0 Å². The molecule has 1 aliphatic rings. The number of rotatable bonds is 5. The molecular weight excluding hydrogens is 208 g/mol. The van der Waals surface area contributed by atoms with Gasteiger partial charge >= 0.3 is 0 Å². The van der Waals surface area contributed by atoms with Gasteiger partial charge in [0.2, 0.25) is 0 Å². The predicted molar refractivity (Wildman–Crippen MR) is 72.6 cm³/mol. The molecule has 2 heteroatoms. The minimum absolute atomic E-state index is 0.646. The van der Waals surface area contributed by atoms with Crippen LogP contribution in [0, 0.1) is 11.8 Å². The highest BCUT2D eigenvalue weighted by molar-refractivity contribution is 5.15. The molecule has 2 nitrogen and oxygen atoms in total. The van der Waals surface area contributed by atoms with Crippen molar-refractivity contribution in [1.29, 1.82) is 0 Å². The maximum Gasteiger partial charge on any atom is 0.0236 e. The Labute approximate surface area is 105 Å². The molecule has 1 aliphatic heterocycles. The number of nitrogens with zero attached hydrogens (tertiary/aromatic N) is 1. The number of nitrogens with two attached hydrogens (primary N) is 1. The SMILES string of the molecule is CC(C)C(CN)C1CCN1Cc1ccccc1. The fraction of sp³-hybridized carbons (Fsp3) is 0.600. The molecular formula is C15H24N2. The molecule has 2 unspecified atom stereocenters. The summed E-state index contributed by atoms with van der Waals surface area (Å²) in [4.78, 5) is 2.58. The fourth-order valence-corrected chi connectivity index (χ4v) is 2.83. The zero-order chi connectivity index (χ0) is 12.3. The van der Waals surface area contributed by atoms with Gasteiger partial charge in [0.05, 0.1) is 0 Å². The Morgan fingerprint density at radius 2 is 2.00 bits per heavy atom. The van der Waals surface area contributed by atoms with Gasteiger partial charge in [0.15, 0.2) is 0 Å². The van der Waals surface area contributed by atoms with Gasteiger partial charge in [-0.1, -0.05) is 44.2 Å². The molecule has 2 rings (SSSR count). The fourth-order valence-electron chi connectivity index (χ4n) is 2.83. The Morgan fingerprint density at radius 3 is 2.47 bits per heavy atom. The van der Waals surface area contributed by atoms with Gasteiger partial charge in [-0.3, -0.25) is 4.90 Å². The van der Waals surface area contributed by atoms with Gasteiger partial charge in [0.25, 0.3) is 0 Å². The van der Waals surface area contributed by atoms with E-state index in [1.54, 1.807) is 0 Å². The smallest absolute Gasteiger partial charge is 0.0236 e. The molecule has 0 amide bonds. The third kappa shape index (κ3) is 2.88. The Kier molecular flexibility index (Phi) is 4.19. The first kappa shape index (κ1) is 12.6. The van der Waals surface area contributed by atoms with E-state index in [0.717, 1.165) is 13.1 Å². The summed E-state index contributed by atoms with van der Waals surface area (Å²) in [5, 5.41) is 0. The van der Waals surface area contributed by atoms with E-state index < -0.39 is 0 Å². The topological polar surface area (TPSA) is 29.3 Å². The molecule has 2 N–H and O–H groups in total. The zero-order valence-corrected chi connectivity index (χ0v) is 11.0. The molecule has 1 aromatic rings. The van der Waals surface area contributed by atoms with Crippen molar-refractivity contribution in [2.24, 2.45) is 17.6 Å². The van der Waals surface area contributed by atoms with Gasteiger partial charge in [0, 0.05) is 19.1 Å². The minimum Gasteiger partial charge on any atom is -0.330 e. The Balaban J connectivity index is 1.95. The van der Waals surface area contributed by atoms with E-state index in [4.69, 9.17) is 5.73 Å². The molecule has 2 atom stereocenters. The second-order valence-corrected chi connectivity index (χ2v) is 5.46. The summed E-state index contributed by atoms with van der Waals surface area (Å²) >= 11 is 0. The third-order valence-electron chi connectivity index (χ3n) is 4.03. The summed E-state index contributed by atoms with van der Waals surface area (Å²) in [6.45, 7) is 7.69. The van der Waals surface area contributed by atoms with Crippen LogP contribution in [0.25, 0.3) is 0 Å². The number of hydrogen-bond donors (Lipinski definition) is 1. The van der Waals surface area contributed by atoms with Crippen molar-refractivity contribution in [3.8, 4) is 0 Å². The number of benzene rings is 1. The summed E-state index contributed by atoms with van der Waals surface area (Å²) in [7, 11) is 0. The van der Waals surface area contributed by atoms with Crippen LogP contribution in [0.2, 0.25) is 0 Å². The van der Waals surface area contributed by atoms with Crippen LogP contribution in [0.3, 0.4) is 0 Å². The van der Waals surface area contributed by atoms with E-state index in [9.17, 15) is 0 Å². The summed E-state index contributed by atoms with van der Waals surface area (Å²) in [5.74, 6) is 1.33. The lowest BCUT2D eigenvalue weighted by Gasteiger charge is -2.46. The molecule has 0 radical (unpaired) electrons. The average molecular weight is 232 g/mol. The number of hydrogen-bond acceptors (Lipinski definition) is 2. The van der Waals surface area contributed by atoms with E-state index in [0.29, 0.717) is 17.9 Å². The Bertz CT molecular complexity index is 334. The molecule has 0 saturated carbocycles. The first-order chi connectivity index (χ1) is 8.22. The lowest BCUT2D eigenvalue weighted by molar-refractivity contribution is 0.0232. The zero-order valence-electron chi connectivity index (χ0n) is 11.0. The first-order valence-corrected chi connectivity index (χ1v) is 6.70. The molecule has 0 bridgehead atoms. The summed E-state index contributed by atoms with van der Waals surface area (Å²) in [6.07, 6.45) is 1.31. The standard InChI is InChI=1S/C15H24N2/c1-12(2)14(10-16)15-8-9-17(15)11-13-6-4-3-5-7-13/h3-7,12,14-15H,8-11,16H2,1-2H3. The van der Waals surface area contributed by atoms with E-state index >= 15 is 0 Å². The van der Waals surface area contributed by atoms with Gasteiger partial charge in [-0.25, -0.2) is 0 Å². The predicted octanol–water partition coefficient (Wildman–Crippen LogP) is 2.49. The second kappa shape index (κ2) is 5.65. The average Bonchev–Trinajstić information content (AvgIpc) is 2.32. The molecule has 1 heterocycles. The van der Waals surface area contributed by atoms with Crippen LogP contribution in [-0.2, 0) is 6.54 Å². The van der Waals surface area contributed by atoms with E-state index in [2.05, 4.69) is 49.1 Å². The molecule has 17 heavy (non-hydrogen) atoms. The van der Waals surface area contributed by atoms with Crippen LogP contribution in [0.4, 0.5) is 0 Å². The van der Waals surface area contributed by atoms with Crippen molar-refractivity contribution in [3.63, 3.8) is 0 Å².